The number of carbonyl (C=O) groups is 3. The van der Waals surface area contributed by atoms with E-state index >= 15 is 0 Å². The van der Waals surface area contributed by atoms with Gasteiger partial charge in [-0.1, -0.05) is 60.7 Å². The number of nitrogens with one attached hydrogen (secondary N) is 2. The number of hydrogen-bond acceptors (Lipinski definition) is 4. The number of imide groups is 1. The molecule has 1 aromatic heterocycles. The van der Waals surface area contributed by atoms with Gasteiger partial charge in [0.25, 0.3) is 11.8 Å². The van der Waals surface area contributed by atoms with Crippen LogP contribution in [0.3, 0.4) is 0 Å². The van der Waals surface area contributed by atoms with E-state index < -0.39 is 18.1 Å². The third-order valence-corrected chi connectivity index (χ3v) is 8.16. The molecule has 7 rings (SSSR count). The van der Waals surface area contributed by atoms with Gasteiger partial charge in [-0.05, 0) is 59.2 Å². The molecular formula is C34H28N4O4. The second-order valence-corrected chi connectivity index (χ2v) is 10.5. The Labute approximate surface area is 242 Å². The standard InChI is InChI=1S/C34H28N4O4/c1-42-25-17-13-22(14-18-25)31-30-27(26-9-5-6-10-28(26)36-30)19-29-33(40)37(34(41)38(29)31)24-15-11-23(12-16-24)32(39)35-20-21-7-3-2-4-8-21/h2-18,29,31,36H,19-20H2,1H3,(H,35,39)/t29-,31?/m0/s1. The Balaban J connectivity index is 1.20. The number of rotatable bonds is 6. The minimum absolute atomic E-state index is 0.230. The number of benzene rings is 4. The van der Waals surface area contributed by atoms with Crippen LogP contribution in [0.2, 0.25) is 0 Å². The topological polar surface area (TPSA) is 94.7 Å². The van der Waals surface area contributed by atoms with Crippen LogP contribution in [0, 0.1) is 0 Å². The number of ether oxygens (including phenoxy) is 1. The Kier molecular flexibility index (Phi) is 6.23. The fourth-order valence-electron chi connectivity index (χ4n) is 6.09. The number of H-pyrrole nitrogens is 1. The van der Waals surface area contributed by atoms with Crippen molar-refractivity contribution in [3.05, 3.63) is 131 Å². The van der Waals surface area contributed by atoms with Crippen molar-refractivity contribution >= 4 is 34.4 Å². The maximum Gasteiger partial charge on any atom is 0.332 e. The summed E-state index contributed by atoms with van der Waals surface area (Å²) in [5, 5.41) is 3.96. The van der Waals surface area contributed by atoms with Gasteiger partial charge in [0, 0.05) is 35.1 Å². The van der Waals surface area contributed by atoms with E-state index in [4.69, 9.17) is 4.74 Å². The van der Waals surface area contributed by atoms with Gasteiger partial charge in [-0.2, -0.15) is 0 Å². The summed E-state index contributed by atoms with van der Waals surface area (Å²) in [6.07, 6.45) is 0.410. The van der Waals surface area contributed by atoms with Crippen LogP contribution < -0.4 is 15.0 Å². The molecule has 1 fully saturated rings. The molecule has 42 heavy (non-hydrogen) atoms. The molecule has 1 saturated heterocycles. The largest absolute Gasteiger partial charge is 0.497 e. The van der Waals surface area contributed by atoms with Crippen molar-refractivity contribution in [1.29, 1.82) is 0 Å². The monoisotopic (exact) mass is 556 g/mol. The SMILES string of the molecule is COc1ccc(C2c3[nH]c4ccccc4c3C[C@H]3C(=O)N(c4ccc(C(=O)NCc5ccccc5)cc4)C(=O)N23)cc1. The van der Waals surface area contributed by atoms with E-state index in [2.05, 4.69) is 10.3 Å². The number of amides is 4. The first-order valence-corrected chi connectivity index (χ1v) is 13.9. The number of nitrogens with zero attached hydrogens (tertiary/aromatic N) is 2. The van der Waals surface area contributed by atoms with Gasteiger partial charge >= 0.3 is 6.03 Å². The minimum atomic E-state index is -0.662. The van der Waals surface area contributed by atoms with Crippen LogP contribution in [-0.4, -0.2) is 40.9 Å². The Morgan fingerprint density at radius 3 is 2.36 bits per heavy atom. The van der Waals surface area contributed by atoms with Crippen molar-refractivity contribution in [1.82, 2.24) is 15.2 Å². The first kappa shape index (κ1) is 25.6. The van der Waals surface area contributed by atoms with E-state index in [1.165, 1.54) is 4.90 Å². The maximum atomic E-state index is 14.1. The Hall–Kier alpha value is -5.37. The summed E-state index contributed by atoms with van der Waals surface area (Å²) in [5.41, 5.74) is 5.68. The zero-order valence-electron chi connectivity index (χ0n) is 22.9. The Morgan fingerprint density at radius 2 is 1.62 bits per heavy atom. The summed E-state index contributed by atoms with van der Waals surface area (Å²) in [4.78, 5) is 47.2. The van der Waals surface area contributed by atoms with Crippen molar-refractivity contribution in [2.45, 2.75) is 25.0 Å². The second kappa shape index (κ2) is 10.2. The first-order chi connectivity index (χ1) is 20.5. The normalized spacial score (nSPS) is 17.7. The highest BCUT2D eigenvalue weighted by atomic mass is 16.5. The number of fused-ring (bicyclic) bond motifs is 4. The first-order valence-electron chi connectivity index (χ1n) is 13.9. The number of para-hydroxylation sites is 1. The molecule has 2 atom stereocenters. The lowest BCUT2D eigenvalue weighted by Crippen LogP contribution is -2.44. The van der Waals surface area contributed by atoms with Crippen LogP contribution >= 0.6 is 0 Å². The molecule has 4 aromatic carbocycles. The highest BCUT2D eigenvalue weighted by Gasteiger charge is 2.53. The van der Waals surface area contributed by atoms with E-state index in [9.17, 15) is 14.4 Å². The lowest BCUT2D eigenvalue weighted by atomic mass is 9.89. The molecule has 1 unspecified atom stereocenters. The summed E-state index contributed by atoms with van der Waals surface area (Å²) >= 11 is 0. The van der Waals surface area contributed by atoms with Crippen molar-refractivity contribution in [3.8, 4) is 5.75 Å². The zero-order chi connectivity index (χ0) is 28.8. The Morgan fingerprint density at radius 1 is 0.905 bits per heavy atom. The fraction of sp³-hybridized carbons (Fsp3) is 0.147. The van der Waals surface area contributed by atoms with Gasteiger partial charge in [0.1, 0.15) is 17.8 Å². The molecule has 8 nitrogen and oxygen atoms in total. The van der Waals surface area contributed by atoms with Crippen LogP contribution in [0.1, 0.15) is 38.8 Å². The lowest BCUT2D eigenvalue weighted by Gasteiger charge is -2.36. The summed E-state index contributed by atoms with van der Waals surface area (Å²) in [6.45, 7) is 0.405. The fourth-order valence-corrected chi connectivity index (χ4v) is 6.09. The summed E-state index contributed by atoms with van der Waals surface area (Å²) in [7, 11) is 1.61. The van der Waals surface area contributed by atoms with Gasteiger partial charge in [0.2, 0.25) is 0 Å². The van der Waals surface area contributed by atoms with Gasteiger partial charge < -0.3 is 15.0 Å². The molecule has 0 spiro atoms. The van der Waals surface area contributed by atoms with E-state index in [1.54, 1.807) is 36.3 Å². The number of urea groups is 1. The van der Waals surface area contributed by atoms with Crippen molar-refractivity contribution in [2.75, 3.05) is 12.0 Å². The summed E-state index contributed by atoms with van der Waals surface area (Å²) in [6, 6.07) is 30.3. The predicted molar refractivity (Wildman–Crippen MR) is 159 cm³/mol. The number of aromatic nitrogens is 1. The number of methoxy groups -OCH3 is 1. The smallest absolute Gasteiger partial charge is 0.332 e. The number of aromatic amines is 1. The maximum absolute atomic E-state index is 14.1. The Bertz CT molecular complexity index is 1810. The molecule has 3 heterocycles. The van der Waals surface area contributed by atoms with E-state index in [-0.39, 0.29) is 11.8 Å². The quantitative estimate of drug-likeness (QED) is 0.267. The molecule has 5 aromatic rings. The van der Waals surface area contributed by atoms with E-state index in [1.807, 2.05) is 78.9 Å². The van der Waals surface area contributed by atoms with Gasteiger partial charge in [0.05, 0.1) is 12.8 Å². The molecule has 4 amide bonds. The van der Waals surface area contributed by atoms with Crippen molar-refractivity contribution < 1.29 is 19.1 Å². The molecule has 0 saturated carbocycles. The zero-order valence-corrected chi connectivity index (χ0v) is 22.9. The average molecular weight is 557 g/mol. The molecule has 2 aliphatic rings. The number of anilines is 1. The molecule has 2 aliphatic heterocycles. The van der Waals surface area contributed by atoms with Gasteiger partial charge in [0.15, 0.2) is 0 Å². The highest BCUT2D eigenvalue weighted by molar-refractivity contribution is 6.22. The van der Waals surface area contributed by atoms with Crippen LogP contribution in [0.25, 0.3) is 10.9 Å². The minimum Gasteiger partial charge on any atom is -0.497 e. The average Bonchev–Trinajstić information content (AvgIpc) is 3.53. The summed E-state index contributed by atoms with van der Waals surface area (Å²) < 4.78 is 5.36. The van der Waals surface area contributed by atoms with Crippen molar-refractivity contribution in [3.63, 3.8) is 0 Å². The molecule has 8 heteroatoms. The molecular weight excluding hydrogens is 528 g/mol. The van der Waals surface area contributed by atoms with Crippen molar-refractivity contribution in [2.24, 2.45) is 0 Å². The third-order valence-electron chi connectivity index (χ3n) is 8.16. The second-order valence-electron chi connectivity index (χ2n) is 10.5. The third kappa shape index (κ3) is 4.19. The van der Waals surface area contributed by atoms with Crippen LogP contribution in [-0.2, 0) is 17.8 Å². The van der Waals surface area contributed by atoms with E-state index in [0.717, 1.165) is 33.3 Å². The number of hydrogen-bond donors (Lipinski definition) is 2. The molecule has 2 N–H and O–H groups in total. The van der Waals surface area contributed by atoms with Crippen LogP contribution in [0.15, 0.2) is 103 Å². The number of carbonyl (C=O) groups excluding carboxylic acids is 3. The van der Waals surface area contributed by atoms with Crippen LogP contribution in [0.4, 0.5) is 10.5 Å². The molecule has 0 bridgehead atoms. The molecule has 208 valence electrons. The van der Waals surface area contributed by atoms with E-state index in [0.29, 0.717) is 30.0 Å². The molecule has 0 aliphatic carbocycles. The van der Waals surface area contributed by atoms with Crippen LogP contribution in [0.5, 0.6) is 5.75 Å². The van der Waals surface area contributed by atoms with Gasteiger partial charge in [-0.15, -0.1) is 0 Å². The predicted octanol–water partition coefficient (Wildman–Crippen LogP) is 5.59. The van der Waals surface area contributed by atoms with Gasteiger partial charge in [-0.3, -0.25) is 14.5 Å². The lowest BCUT2D eigenvalue weighted by molar-refractivity contribution is -0.120. The summed E-state index contributed by atoms with van der Waals surface area (Å²) in [5.74, 6) is 0.198. The molecule has 0 radical (unpaired) electrons. The van der Waals surface area contributed by atoms with Gasteiger partial charge in [-0.25, -0.2) is 9.69 Å². The highest BCUT2D eigenvalue weighted by Crippen LogP contribution is 2.45.